The Balaban J connectivity index is 1.96. The van der Waals surface area contributed by atoms with Gasteiger partial charge in [-0.3, -0.25) is 9.78 Å². The highest BCUT2D eigenvalue weighted by atomic mass is 16.5. The van der Waals surface area contributed by atoms with Gasteiger partial charge in [-0.2, -0.15) is 0 Å². The van der Waals surface area contributed by atoms with Crippen molar-refractivity contribution in [1.82, 2.24) is 9.88 Å². The molecule has 1 saturated heterocycles. The van der Waals surface area contributed by atoms with E-state index >= 15 is 0 Å². The van der Waals surface area contributed by atoms with Gasteiger partial charge in [0.05, 0.1) is 29.8 Å². The molecule has 2 unspecified atom stereocenters. The molecule has 0 bridgehead atoms. The molecule has 1 aromatic heterocycles. The van der Waals surface area contributed by atoms with Crippen LogP contribution in [-0.4, -0.2) is 47.6 Å². The summed E-state index contributed by atoms with van der Waals surface area (Å²) in [5.41, 5.74) is 7.05. The summed E-state index contributed by atoms with van der Waals surface area (Å²) in [4.78, 5) is 19.1. The Kier molecular flexibility index (Phi) is 3.86. The minimum atomic E-state index is -0.0897. The fourth-order valence-electron chi connectivity index (χ4n) is 2.67. The second kappa shape index (κ2) is 5.79. The zero-order valence-corrected chi connectivity index (χ0v) is 12.0. The number of morpholine rings is 1. The van der Waals surface area contributed by atoms with Crippen LogP contribution in [0.1, 0.15) is 17.3 Å². The van der Waals surface area contributed by atoms with Crippen LogP contribution in [0.25, 0.3) is 10.9 Å². The molecule has 1 aromatic carbocycles. The molecule has 0 saturated carbocycles. The number of pyridine rings is 1. The molecule has 2 atom stereocenters. The largest absolute Gasteiger partial charge is 0.373 e. The Hall–Kier alpha value is -1.98. The van der Waals surface area contributed by atoms with Gasteiger partial charge in [0.25, 0.3) is 5.91 Å². The first kappa shape index (κ1) is 14.0. The molecule has 5 nitrogen and oxygen atoms in total. The highest BCUT2D eigenvalue weighted by Gasteiger charge is 2.30. The molecule has 2 heterocycles. The number of carbonyl (C=O) groups excluding carboxylic acids is 1. The predicted octanol–water partition coefficient (Wildman–Crippen LogP) is 1.42. The van der Waals surface area contributed by atoms with Crippen molar-refractivity contribution in [3.63, 3.8) is 0 Å². The smallest absolute Gasteiger partial charge is 0.256 e. The van der Waals surface area contributed by atoms with E-state index in [4.69, 9.17) is 10.5 Å². The molecule has 3 rings (SSSR count). The summed E-state index contributed by atoms with van der Waals surface area (Å²) in [6.45, 7) is 3.46. The lowest BCUT2D eigenvalue weighted by Crippen LogP contribution is -2.52. The minimum absolute atomic E-state index is 0.00597. The van der Waals surface area contributed by atoms with Crippen LogP contribution in [0.4, 0.5) is 0 Å². The fourth-order valence-corrected chi connectivity index (χ4v) is 2.67. The number of nitrogens with zero attached hydrogens (tertiary/aromatic N) is 2. The number of hydrogen-bond donors (Lipinski definition) is 1. The van der Waals surface area contributed by atoms with Crippen LogP contribution in [0.3, 0.4) is 0 Å². The predicted molar refractivity (Wildman–Crippen MR) is 81.0 cm³/mol. The molecule has 0 radical (unpaired) electrons. The maximum Gasteiger partial charge on any atom is 0.256 e. The van der Waals surface area contributed by atoms with E-state index in [9.17, 15) is 4.79 Å². The number of nitrogens with two attached hydrogens (primary N) is 1. The maximum atomic E-state index is 12.9. The van der Waals surface area contributed by atoms with E-state index in [1.165, 1.54) is 0 Å². The lowest BCUT2D eigenvalue weighted by Gasteiger charge is -2.37. The number of para-hydroxylation sites is 1. The number of hydrogen-bond acceptors (Lipinski definition) is 4. The van der Waals surface area contributed by atoms with Gasteiger partial charge in [0.1, 0.15) is 0 Å². The standard InChI is InChI=1S/C16H19N3O2/c1-11-10-21-13(8-17)9-19(11)16(20)14-6-2-4-12-5-3-7-18-15(12)14/h2-7,11,13H,8-10,17H2,1H3. The summed E-state index contributed by atoms with van der Waals surface area (Å²) < 4.78 is 5.61. The Morgan fingerprint density at radius 3 is 3.05 bits per heavy atom. The van der Waals surface area contributed by atoms with Crippen molar-refractivity contribution in [2.24, 2.45) is 5.73 Å². The zero-order valence-electron chi connectivity index (χ0n) is 12.0. The third-order valence-electron chi connectivity index (χ3n) is 3.89. The molecule has 2 aromatic rings. The van der Waals surface area contributed by atoms with Gasteiger partial charge in [-0.15, -0.1) is 0 Å². The Bertz CT molecular complexity index is 654. The molecular formula is C16H19N3O2. The summed E-state index contributed by atoms with van der Waals surface area (Å²) >= 11 is 0. The molecule has 1 fully saturated rings. The summed E-state index contributed by atoms with van der Waals surface area (Å²) in [6.07, 6.45) is 1.62. The van der Waals surface area contributed by atoms with Gasteiger partial charge in [-0.05, 0) is 19.1 Å². The van der Waals surface area contributed by atoms with E-state index in [-0.39, 0.29) is 18.1 Å². The number of benzene rings is 1. The number of amides is 1. The van der Waals surface area contributed by atoms with Crippen LogP contribution in [0.15, 0.2) is 36.5 Å². The van der Waals surface area contributed by atoms with Gasteiger partial charge in [-0.1, -0.05) is 18.2 Å². The average Bonchev–Trinajstić information content (AvgIpc) is 2.54. The number of ether oxygens (including phenoxy) is 1. The first-order valence-electron chi connectivity index (χ1n) is 7.17. The van der Waals surface area contributed by atoms with Crippen molar-refractivity contribution < 1.29 is 9.53 Å². The molecule has 21 heavy (non-hydrogen) atoms. The highest BCUT2D eigenvalue weighted by molar-refractivity contribution is 6.05. The summed E-state index contributed by atoms with van der Waals surface area (Å²) in [5, 5.41) is 0.972. The topological polar surface area (TPSA) is 68.5 Å². The van der Waals surface area contributed by atoms with Crippen LogP contribution in [-0.2, 0) is 4.74 Å². The Morgan fingerprint density at radius 1 is 1.43 bits per heavy atom. The van der Waals surface area contributed by atoms with Crippen molar-refractivity contribution >= 4 is 16.8 Å². The SMILES string of the molecule is CC1COC(CN)CN1C(=O)c1cccc2cccnc12. The lowest BCUT2D eigenvalue weighted by molar-refractivity contribution is -0.0425. The summed E-state index contributed by atoms with van der Waals surface area (Å²) in [7, 11) is 0. The monoisotopic (exact) mass is 285 g/mol. The van der Waals surface area contributed by atoms with Gasteiger partial charge < -0.3 is 15.4 Å². The van der Waals surface area contributed by atoms with Gasteiger partial charge in [-0.25, -0.2) is 0 Å². The molecule has 5 heteroatoms. The summed E-state index contributed by atoms with van der Waals surface area (Å²) in [6, 6.07) is 9.56. The van der Waals surface area contributed by atoms with Crippen LogP contribution < -0.4 is 5.73 Å². The molecule has 110 valence electrons. The van der Waals surface area contributed by atoms with Crippen molar-refractivity contribution in [3.8, 4) is 0 Å². The van der Waals surface area contributed by atoms with Crippen LogP contribution in [0.2, 0.25) is 0 Å². The summed E-state index contributed by atoms with van der Waals surface area (Å²) in [5.74, 6) is -0.00597. The number of rotatable bonds is 2. The first-order valence-corrected chi connectivity index (χ1v) is 7.17. The third-order valence-corrected chi connectivity index (χ3v) is 3.89. The van der Waals surface area contributed by atoms with Crippen molar-refractivity contribution in [2.45, 2.75) is 19.1 Å². The van der Waals surface area contributed by atoms with E-state index < -0.39 is 0 Å². The molecular weight excluding hydrogens is 266 g/mol. The average molecular weight is 285 g/mol. The Morgan fingerprint density at radius 2 is 2.24 bits per heavy atom. The molecule has 1 amide bonds. The fraction of sp³-hybridized carbons (Fsp3) is 0.375. The van der Waals surface area contributed by atoms with Crippen LogP contribution >= 0.6 is 0 Å². The maximum absolute atomic E-state index is 12.9. The van der Waals surface area contributed by atoms with Crippen molar-refractivity contribution in [2.75, 3.05) is 19.7 Å². The molecule has 1 aliphatic rings. The van der Waals surface area contributed by atoms with Crippen molar-refractivity contribution in [3.05, 3.63) is 42.1 Å². The quantitative estimate of drug-likeness (QED) is 0.906. The second-order valence-electron chi connectivity index (χ2n) is 5.38. The van der Waals surface area contributed by atoms with Gasteiger partial charge in [0.2, 0.25) is 0 Å². The number of aromatic nitrogens is 1. The molecule has 1 aliphatic heterocycles. The zero-order chi connectivity index (χ0) is 14.8. The minimum Gasteiger partial charge on any atom is -0.373 e. The van der Waals surface area contributed by atoms with Gasteiger partial charge in [0, 0.05) is 24.7 Å². The second-order valence-corrected chi connectivity index (χ2v) is 5.38. The van der Waals surface area contributed by atoms with Crippen LogP contribution in [0, 0.1) is 0 Å². The van der Waals surface area contributed by atoms with Crippen LogP contribution in [0.5, 0.6) is 0 Å². The van der Waals surface area contributed by atoms with E-state index in [1.54, 1.807) is 6.20 Å². The number of carbonyl (C=O) groups is 1. The van der Waals surface area contributed by atoms with E-state index in [0.717, 1.165) is 10.9 Å². The van der Waals surface area contributed by atoms with E-state index in [0.29, 0.717) is 25.3 Å². The molecule has 0 spiro atoms. The third kappa shape index (κ3) is 2.62. The number of fused-ring (bicyclic) bond motifs is 1. The Labute approximate surface area is 123 Å². The first-order chi connectivity index (χ1) is 10.2. The highest BCUT2D eigenvalue weighted by Crippen LogP contribution is 2.21. The van der Waals surface area contributed by atoms with Gasteiger partial charge >= 0.3 is 0 Å². The van der Waals surface area contributed by atoms with E-state index in [1.807, 2.05) is 42.2 Å². The normalized spacial score (nSPS) is 22.5. The molecule has 2 N–H and O–H groups in total. The molecule has 0 aliphatic carbocycles. The van der Waals surface area contributed by atoms with E-state index in [2.05, 4.69) is 4.98 Å². The van der Waals surface area contributed by atoms with Gasteiger partial charge in [0.15, 0.2) is 0 Å². The lowest BCUT2D eigenvalue weighted by atomic mass is 10.1. The van der Waals surface area contributed by atoms with Crippen molar-refractivity contribution in [1.29, 1.82) is 0 Å².